The van der Waals surface area contributed by atoms with E-state index in [2.05, 4.69) is 25.5 Å². The number of hydrogen-bond acceptors (Lipinski definition) is 5. The van der Waals surface area contributed by atoms with Crippen LogP contribution in [-0.4, -0.2) is 24.7 Å². The van der Waals surface area contributed by atoms with E-state index in [0.717, 1.165) is 25.2 Å². The van der Waals surface area contributed by atoms with Crippen LogP contribution in [0.1, 0.15) is 24.9 Å². The molecule has 6 nitrogen and oxygen atoms in total. The molecule has 0 fully saturated rings. The first-order valence-electron chi connectivity index (χ1n) is 6.01. The lowest BCUT2D eigenvalue weighted by atomic mass is 10.4. The highest BCUT2D eigenvalue weighted by molar-refractivity contribution is 5.26. The fourth-order valence-electron chi connectivity index (χ4n) is 1.60. The Morgan fingerprint density at radius 3 is 2.85 bits per heavy atom. The minimum atomic E-state index is -4.48. The number of aromatic nitrogens is 5. The van der Waals surface area contributed by atoms with E-state index < -0.39 is 11.9 Å². The van der Waals surface area contributed by atoms with Gasteiger partial charge in [-0.05, 0) is 12.5 Å². The van der Waals surface area contributed by atoms with E-state index in [9.17, 15) is 13.2 Å². The minimum absolute atomic E-state index is 0.0918. The molecule has 0 amide bonds. The number of alkyl halides is 3. The van der Waals surface area contributed by atoms with Gasteiger partial charge in [0.25, 0.3) is 0 Å². The van der Waals surface area contributed by atoms with E-state index in [-0.39, 0.29) is 12.5 Å². The smallest absolute Gasteiger partial charge is 0.347 e. The van der Waals surface area contributed by atoms with Gasteiger partial charge in [-0.1, -0.05) is 6.92 Å². The lowest BCUT2D eigenvalue weighted by molar-refractivity contribution is -0.141. The van der Waals surface area contributed by atoms with Gasteiger partial charge in [0.2, 0.25) is 5.95 Å². The predicted molar refractivity (Wildman–Crippen MR) is 64.7 cm³/mol. The first kappa shape index (κ1) is 14.2. The molecule has 0 bridgehead atoms. The van der Waals surface area contributed by atoms with E-state index in [1.807, 2.05) is 11.5 Å². The van der Waals surface area contributed by atoms with Gasteiger partial charge in [0, 0.05) is 12.7 Å². The van der Waals surface area contributed by atoms with E-state index in [1.54, 1.807) is 6.33 Å². The van der Waals surface area contributed by atoms with Gasteiger partial charge in [0.15, 0.2) is 5.82 Å². The summed E-state index contributed by atoms with van der Waals surface area (Å²) < 4.78 is 39.3. The van der Waals surface area contributed by atoms with Crippen LogP contribution < -0.4 is 5.32 Å². The molecule has 0 radical (unpaired) electrons. The Kier molecular flexibility index (Phi) is 4.16. The highest BCUT2D eigenvalue weighted by Crippen LogP contribution is 2.27. The summed E-state index contributed by atoms with van der Waals surface area (Å²) in [5.74, 6) is 0.527. The van der Waals surface area contributed by atoms with Gasteiger partial charge in [-0.25, -0.2) is 9.97 Å². The Bertz CT molecular complexity index is 565. The summed E-state index contributed by atoms with van der Waals surface area (Å²) in [6.45, 7) is 2.96. The maximum atomic E-state index is 12.5. The molecule has 2 aromatic heterocycles. The molecule has 0 aliphatic rings. The van der Waals surface area contributed by atoms with Gasteiger partial charge in [-0.15, -0.1) is 10.2 Å². The van der Waals surface area contributed by atoms with Gasteiger partial charge in [-0.3, -0.25) is 0 Å². The van der Waals surface area contributed by atoms with Crippen molar-refractivity contribution in [3.8, 4) is 0 Å². The molecule has 0 aliphatic heterocycles. The maximum Gasteiger partial charge on any atom is 0.433 e. The Morgan fingerprint density at radius 2 is 2.15 bits per heavy atom. The maximum absolute atomic E-state index is 12.5. The van der Waals surface area contributed by atoms with E-state index >= 15 is 0 Å². The highest BCUT2D eigenvalue weighted by atomic mass is 19.4. The Labute approximate surface area is 113 Å². The van der Waals surface area contributed by atoms with E-state index in [4.69, 9.17) is 0 Å². The normalized spacial score (nSPS) is 11.6. The van der Waals surface area contributed by atoms with Crippen LogP contribution in [0.4, 0.5) is 19.1 Å². The van der Waals surface area contributed by atoms with Crippen molar-refractivity contribution in [3.05, 3.63) is 30.1 Å². The molecule has 0 atom stereocenters. The second-order valence-electron chi connectivity index (χ2n) is 4.06. The zero-order valence-corrected chi connectivity index (χ0v) is 10.7. The molecule has 2 aromatic rings. The van der Waals surface area contributed by atoms with Gasteiger partial charge in [0.05, 0.1) is 6.54 Å². The van der Waals surface area contributed by atoms with Crippen molar-refractivity contribution in [3.63, 3.8) is 0 Å². The molecule has 0 aromatic carbocycles. The molecule has 20 heavy (non-hydrogen) atoms. The molecule has 9 heteroatoms. The molecule has 0 spiro atoms. The van der Waals surface area contributed by atoms with Gasteiger partial charge >= 0.3 is 6.18 Å². The number of aryl methyl sites for hydroxylation is 1. The summed E-state index contributed by atoms with van der Waals surface area (Å²) >= 11 is 0. The highest BCUT2D eigenvalue weighted by Gasteiger charge is 2.32. The summed E-state index contributed by atoms with van der Waals surface area (Å²) in [5, 5.41) is 10.4. The third-order valence-electron chi connectivity index (χ3n) is 2.51. The van der Waals surface area contributed by atoms with Crippen molar-refractivity contribution in [1.82, 2.24) is 24.7 Å². The van der Waals surface area contributed by atoms with E-state index in [1.165, 1.54) is 0 Å². The van der Waals surface area contributed by atoms with Crippen LogP contribution in [0.15, 0.2) is 18.6 Å². The SMILES string of the molecule is CCCn1cnnc1CNc1nccc(C(F)(F)F)n1. The van der Waals surface area contributed by atoms with Crippen LogP contribution in [-0.2, 0) is 19.3 Å². The largest absolute Gasteiger partial charge is 0.433 e. The second kappa shape index (κ2) is 5.85. The number of halogens is 3. The van der Waals surface area contributed by atoms with Crippen molar-refractivity contribution in [1.29, 1.82) is 0 Å². The van der Waals surface area contributed by atoms with Crippen LogP contribution in [0.5, 0.6) is 0 Å². The summed E-state index contributed by atoms with van der Waals surface area (Å²) in [4.78, 5) is 7.16. The Balaban J connectivity index is 2.05. The Hall–Kier alpha value is -2.19. The predicted octanol–water partition coefficient (Wildman–Crippen LogP) is 2.11. The summed E-state index contributed by atoms with van der Waals surface area (Å²) in [6.07, 6.45) is -0.935. The molecule has 1 N–H and O–H groups in total. The van der Waals surface area contributed by atoms with Crippen LogP contribution in [0.25, 0.3) is 0 Å². The van der Waals surface area contributed by atoms with Crippen molar-refractivity contribution in [2.75, 3.05) is 5.32 Å². The first-order valence-corrected chi connectivity index (χ1v) is 6.01. The lowest BCUT2D eigenvalue weighted by Gasteiger charge is -2.09. The van der Waals surface area contributed by atoms with Crippen molar-refractivity contribution in [2.24, 2.45) is 0 Å². The molecule has 0 aliphatic carbocycles. The van der Waals surface area contributed by atoms with Crippen molar-refractivity contribution < 1.29 is 13.2 Å². The quantitative estimate of drug-likeness (QED) is 0.911. The van der Waals surface area contributed by atoms with Crippen LogP contribution in [0, 0.1) is 0 Å². The van der Waals surface area contributed by atoms with Gasteiger partial charge in [-0.2, -0.15) is 13.2 Å². The molecule has 0 saturated heterocycles. The summed E-state index contributed by atoms with van der Waals surface area (Å²) in [5.41, 5.74) is -0.981. The molecule has 0 unspecified atom stereocenters. The number of rotatable bonds is 5. The van der Waals surface area contributed by atoms with Crippen LogP contribution in [0.2, 0.25) is 0 Å². The van der Waals surface area contributed by atoms with Gasteiger partial charge < -0.3 is 9.88 Å². The van der Waals surface area contributed by atoms with E-state index in [0.29, 0.717) is 5.82 Å². The minimum Gasteiger partial charge on any atom is -0.347 e. The fourth-order valence-corrected chi connectivity index (χ4v) is 1.60. The van der Waals surface area contributed by atoms with Gasteiger partial charge in [0.1, 0.15) is 12.0 Å². The van der Waals surface area contributed by atoms with Crippen molar-refractivity contribution >= 4 is 5.95 Å². The average Bonchev–Trinajstić information content (AvgIpc) is 2.84. The molecular weight excluding hydrogens is 273 g/mol. The lowest BCUT2D eigenvalue weighted by Crippen LogP contribution is -2.13. The molecule has 108 valence electrons. The summed E-state index contributed by atoms with van der Waals surface area (Å²) in [6, 6.07) is 0.824. The monoisotopic (exact) mass is 286 g/mol. The Morgan fingerprint density at radius 1 is 1.35 bits per heavy atom. The zero-order chi connectivity index (χ0) is 14.6. The summed E-state index contributed by atoms with van der Waals surface area (Å²) in [7, 11) is 0. The molecular formula is C11H13F3N6. The van der Waals surface area contributed by atoms with Crippen LogP contribution >= 0.6 is 0 Å². The van der Waals surface area contributed by atoms with Crippen LogP contribution in [0.3, 0.4) is 0 Å². The average molecular weight is 286 g/mol. The fraction of sp³-hybridized carbons (Fsp3) is 0.455. The standard InChI is InChI=1S/C11H13F3N6/c1-2-5-20-7-17-19-9(20)6-16-10-15-4-3-8(18-10)11(12,13)14/h3-4,7H,2,5-6H2,1H3,(H,15,16,18). The number of anilines is 1. The number of nitrogens with one attached hydrogen (secondary N) is 1. The third-order valence-corrected chi connectivity index (χ3v) is 2.51. The topological polar surface area (TPSA) is 68.5 Å². The van der Waals surface area contributed by atoms with Crippen molar-refractivity contribution in [2.45, 2.75) is 32.6 Å². The number of nitrogens with zero attached hydrogens (tertiary/aromatic N) is 5. The number of hydrogen-bond donors (Lipinski definition) is 1. The molecule has 2 rings (SSSR count). The third kappa shape index (κ3) is 3.43. The first-order chi connectivity index (χ1) is 9.50. The molecule has 0 saturated carbocycles. The molecule has 2 heterocycles. The zero-order valence-electron chi connectivity index (χ0n) is 10.7. The second-order valence-corrected chi connectivity index (χ2v) is 4.06.